The number of aryl methyl sites for hydroxylation is 3. The molecule has 24 heavy (non-hydrogen) atoms. The predicted octanol–water partition coefficient (Wildman–Crippen LogP) is 3.62. The number of thiazole rings is 1. The Morgan fingerprint density at radius 3 is 2.71 bits per heavy atom. The maximum atomic E-state index is 12.4. The lowest BCUT2D eigenvalue weighted by Gasteiger charge is -2.10. The van der Waals surface area contributed by atoms with Gasteiger partial charge in [-0.2, -0.15) is 0 Å². The molecule has 1 aliphatic carbocycles. The lowest BCUT2D eigenvalue weighted by atomic mass is 10.1. The molecule has 0 bridgehead atoms. The van der Waals surface area contributed by atoms with E-state index in [0.717, 1.165) is 16.3 Å². The Labute approximate surface area is 153 Å². The maximum absolute atomic E-state index is 12.4. The van der Waals surface area contributed by atoms with Crippen molar-refractivity contribution in [2.24, 2.45) is 11.7 Å². The van der Waals surface area contributed by atoms with Gasteiger partial charge in [-0.25, -0.2) is 4.98 Å². The number of rotatable bonds is 5. The van der Waals surface area contributed by atoms with E-state index in [1.54, 1.807) is 0 Å². The third-order valence-electron chi connectivity index (χ3n) is 4.34. The molecule has 1 atom stereocenters. The first kappa shape index (κ1) is 18.9. The summed E-state index contributed by atoms with van der Waals surface area (Å²) in [6.45, 7) is 6.58. The molecule has 0 saturated heterocycles. The van der Waals surface area contributed by atoms with E-state index in [-0.39, 0.29) is 24.4 Å². The van der Waals surface area contributed by atoms with Crippen LogP contribution in [-0.4, -0.2) is 23.5 Å². The molecule has 0 radical (unpaired) electrons. The van der Waals surface area contributed by atoms with Crippen molar-refractivity contribution in [1.82, 2.24) is 10.3 Å². The van der Waals surface area contributed by atoms with Gasteiger partial charge in [0.15, 0.2) is 0 Å². The molecule has 1 amide bonds. The monoisotopic (exact) mass is 365 g/mol. The van der Waals surface area contributed by atoms with E-state index in [1.807, 2.05) is 6.92 Å². The Bertz CT molecular complexity index is 740. The zero-order valence-corrected chi connectivity index (χ0v) is 15.9. The van der Waals surface area contributed by atoms with Crippen molar-refractivity contribution in [2.45, 2.75) is 39.7 Å². The molecular weight excluding hydrogens is 342 g/mol. The fourth-order valence-corrected chi connectivity index (χ4v) is 3.83. The summed E-state index contributed by atoms with van der Waals surface area (Å²) in [6, 6.07) is 6.37. The summed E-state index contributed by atoms with van der Waals surface area (Å²) in [6.07, 6.45) is 2.38. The number of hydrogen-bond acceptors (Lipinski definition) is 4. The average Bonchev–Trinajstić information content (AvgIpc) is 3.28. The van der Waals surface area contributed by atoms with Crippen LogP contribution in [0.4, 0.5) is 0 Å². The maximum Gasteiger partial charge on any atom is 0.263 e. The van der Waals surface area contributed by atoms with Crippen molar-refractivity contribution >= 4 is 29.7 Å². The summed E-state index contributed by atoms with van der Waals surface area (Å²) < 4.78 is 0. The quantitative estimate of drug-likeness (QED) is 0.850. The molecule has 1 aromatic carbocycles. The molecule has 1 aromatic heterocycles. The molecule has 3 rings (SSSR count). The van der Waals surface area contributed by atoms with E-state index < -0.39 is 0 Å². The van der Waals surface area contributed by atoms with Crippen LogP contribution in [0.5, 0.6) is 0 Å². The van der Waals surface area contributed by atoms with Crippen molar-refractivity contribution in [3.63, 3.8) is 0 Å². The molecule has 1 saturated carbocycles. The Morgan fingerprint density at radius 1 is 1.38 bits per heavy atom. The van der Waals surface area contributed by atoms with Gasteiger partial charge >= 0.3 is 0 Å². The standard InChI is InChI=1S/C18H23N3OS.ClH/c1-10-4-7-14(11(2)8-10)18-21-12(3)16(23-18)17(22)20-9-15(19)13-5-6-13;/h4,7-8,13,15H,5-6,9,19H2,1-3H3,(H,20,22);1H. The van der Waals surface area contributed by atoms with Gasteiger partial charge in [0.05, 0.1) is 5.69 Å². The van der Waals surface area contributed by atoms with Gasteiger partial charge in [0.25, 0.3) is 5.91 Å². The molecule has 2 aromatic rings. The molecule has 4 nitrogen and oxygen atoms in total. The van der Waals surface area contributed by atoms with Gasteiger partial charge in [-0.3, -0.25) is 4.79 Å². The van der Waals surface area contributed by atoms with E-state index in [1.165, 1.54) is 35.3 Å². The molecule has 1 aliphatic rings. The van der Waals surface area contributed by atoms with Crippen LogP contribution in [0.15, 0.2) is 18.2 Å². The number of amides is 1. The summed E-state index contributed by atoms with van der Waals surface area (Å²) in [4.78, 5) is 17.7. The second kappa shape index (κ2) is 7.64. The molecule has 3 N–H and O–H groups in total. The lowest BCUT2D eigenvalue weighted by molar-refractivity contribution is 0.0953. The Hall–Kier alpha value is -1.43. The summed E-state index contributed by atoms with van der Waals surface area (Å²) in [5, 5.41) is 3.86. The van der Waals surface area contributed by atoms with Crippen LogP contribution in [0, 0.1) is 26.7 Å². The predicted molar refractivity (Wildman–Crippen MR) is 102 cm³/mol. The normalized spacial score (nSPS) is 14.8. The summed E-state index contributed by atoms with van der Waals surface area (Å²) in [5.74, 6) is 0.524. The van der Waals surface area contributed by atoms with Crippen LogP contribution >= 0.6 is 23.7 Å². The molecule has 130 valence electrons. The van der Waals surface area contributed by atoms with Crippen LogP contribution in [0.2, 0.25) is 0 Å². The number of nitrogens with two attached hydrogens (primary N) is 1. The Balaban J connectivity index is 0.00000208. The number of nitrogens with one attached hydrogen (secondary N) is 1. The third-order valence-corrected chi connectivity index (χ3v) is 5.53. The van der Waals surface area contributed by atoms with E-state index in [4.69, 9.17) is 5.73 Å². The third kappa shape index (κ3) is 4.15. The Morgan fingerprint density at radius 2 is 2.08 bits per heavy atom. The summed E-state index contributed by atoms with van der Waals surface area (Å²) in [5.41, 5.74) is 10.3. The van der Waals surface area contributed by atoms with E-state index in [2.05, 4.69) is 42.3 Å². The highest BCUT2D eigenvalue weighted by molar-refractivity contribution is 7.17. The number of benzene rings is 1. The topological polar surface area (TPSA) is 68.0 Å². The molecule has 1 fully saturated rings. The molecule has 6 heteroatoms. The number of nitrogens with zero attached hydrogens (tertiary/aromatic N) is 1. The highest BCUT2D eigenvalue weighted by Gasteiger charge is 2.29. The highest BCUT2D eigenvalue weighted by Crippen LogP contribution is 2.32. The lowest BCUT2D eigenvalue weighted by Crippen LogP contribution is -2.38. The van der Waals surface area contributed by atoms with E-state index in [9.17, 15) is 4.79 Å². The number of carbonyl (C=O) groups excluding carboxylic acids is 1. The van der Waals surface area contributed by atoms with Gasteiger partial charge in [0.1, 0.15) is 9.88 Å². The average molecular weight is 366 g/mol. The van der Waals surface area contributed by atoms with E-state index >= 15 is 0 Å². The van der Waals surface area contributed by atoms with Gasteiger partial charge in [-0.05, 0) is 45.1 Å². The SMILES string of the molecule is Cc1ccc(-c2nc(C)c(C(=O)NCC(N)C3CC3)s2)c(C)c1.Cl. The van der Waals surface area contributed by atoms with Crippen LogP contribution in [0.1, 0.15) is 39.3 Å². The van der Waals surface area contributed by atoms with Crippen molar-refractivity contribution in [3.8, 4) is 10.6 Å². The first-order valence-corrected chi connectivity index (χ1v) is 8.86. The van der Waals surface area contributed by atoms with Crippen LogP contribution in [0.25, 0.3) is 10.6 Å². The van der Waals surface area contributed by atoms with Crippen molar-refractivity contribution in [2.75, 3.05) is 6.54 Å². The van der Waals surface area contributed by atoms with Gasteiger partial charge < -0.3 is 11.1 Å². The van der Waals surface area contributed by atoms with Crippen molar-refractivity contribution in [1.29, 1.82) is 0 Å². The minimum absolute atomic E-state index is 0. The number of aromatic nitrogens is 1. The summed E-state index contributed by atoms with van der Waals surface area (Å²) >= 11 is 1.45. The first-order chi connectivity index (χ1) is 11.0. The highest BCUT2D eigenvalue weighted by atomic mass is 35.5. The molecule has 0 spiro atoms. The molecule has 1 heterocycles. The second-order valence-corrected chi connectivity index (χ2v) is 7.46. The largest absolute Gasteiger partial charge is 0.350 e. The van der Waals surface area contributed by atoms with Gasteiger partial charge in [0, 0.05) is 18.2 Å². The number of carbonyl (C=O) groups is 1. The van der Waals surface area contributed by atoms with Gasteiger partial charge in [0.2, 0.25) is 0 Å². The molecule has 1 unspecified atom stereocenters. The van der Waals surface area contributed by atoms with Crippen LogP contribution in [-0.2, 0) is 0 Å². The molecular formula is C18H24ClN3OS. The van der Waals surface area contributed by atoms with Gasteiger partial charge in [-0.15, -0.1) is 23.7 Å². The second-order valence-electron chi connectivity index (χ2n) is 6.46. The van der Waals surface area contributed by atoms with Crippen LogP contribution in [0.3, 0.4) is 0 Å². The smallest absolute Gasteiger partial charge is 0.263 e. The Kier molecular flexibility index (Phi) is 6.01. The van der Waals surface area contributed by atoms with E-state index in [0.29, 0.717) is 17.3 Å². The fraction of sp³-hybridized carbons (Fsp3) is 0.444. The van der Waals surface area contributed by atoms with Crippen molar-refractivity contribution in [3.05, 3.63) is 39.9 Å². The number of halogens is 1. The zero-order valence-electron chi connectivity index (χ0n) is 14.3. The number of hydrogen-bond donors (Lipinski definition) is 2. The molecule has 0 aliphatic heterocycles. The van der Waals surface area contributed by atoms with Crippen LogP contribution < -0.4 is 11.1 Å². The minimum Gasteiger partial charge on any atom is -0.350 e. The first-order valence-electron chi connectivity index (χ1n) is 8.04. The fourth-order valence-electron chi connectivity index (χ4n) is 2.76. The minimum atomic E-state index is -0.0629. The van der Waals surface area contributed by atoms with Crippen molar-refractivity contribution < 1.29 is 4.79 Å². The zero-order chi connectivity index (χ0) is 16.6. The summed E-state index contributed by atoms with van der Waals surface area (Å²) in [7, 11) is 0. The van der Waals surface area contributed by atoms with Gasteiger partial charge in [-0.1, -0.05) is 23.8 Å².